The minimum atomic E-state index is -0.943. The van der Waals surface area contributed by atoms with Crippen LogP contribution in [0.25, 0.3) is 0 Å². The first kappa shape index (κ1) is 29.0. The van der Waals surface area contributed by atoms with E-state index in [2.05, 4.69) is 16.0 Å². The van der Waals surface area contributed by atoms with E-state index in [0.717, 1.165) is 15.4 Å². The first-order chi connectivity index (χ1) is 19.3. The molecule has 0 aliphatic rings. The van der Waals surface area contributed by atoms with E-state index in [1.54, 1.807) is 48.5 Å². The van der Waals surface area contributed by atoms with Gasteiger partial charge in [-0.3, -0.25) is 4.79 Å². The molecule has 7 nitrogen and oxygen atoms in total. The number of ether oxygens (including phenoxy) is 1. The van der Waals surface area contributed by atoms with E-state index in [9.17, 15) is 14.4 Å². The van der Waals surface area contributed by atoms with Gasteiger partial charge in [0.1, 0.15) is 6.04 Å². The lowest BCUT2D eigenvalue weighted by Gasteiger charge is -2.18. The maximum atomic E-state index is 12.9. The van der Waals surface area contributed by atoms with Crippen LogP contribution >= 0.6 is 35.0 Å². The quantitative estimate of drug-likeness (QED) is 0.177. The third-order valence-electron chi connectivity index (χ3n) is 5.74. The monoisotopic (exact) mass is 593 g/mol. The number of nitrogens with one attached hydrogen (secondary N) is 3. The zero-order valence-electron chi connectivity index (χ0n) is 21.3. The summed E-state index contributed by atoms with van der Waals surface area (Å²) in [6.07, 6.45) is 0.172. The minimum absolute atomic E-state index is 0.172. The predicted octanol–water partition coefficient (Wildman–Crippen LogP) is 7.30. The summed E-state index contributed by atoms with van der Waals surface area (Å²) < 4.78 is 4.92. The highest BCUT2D eigenvalue weighted by Crippen LogP contribution is 2.33. The standard InChI is InChI=1S/C30H25Cl2N3O4S/c1-39-29(37)25(35-30(38)34-24-12-5-6-13-26(24)40-21-8-3-2-4-9-21)18-19-14-16-20(17-15-19)33-28(36)27-22(31)10-7-11-23(27)32/h2-17,25H,18H2,1H3,(H,33,36)(H2,34,35,38)/t25-/m0/s1. The van der Waals surface area contributed by atoms with Gasteiger partial charge in [0.25, 0.3) is 5.91 Å². The molecule has 4 aromatic rings. The molecule has 3 amide bonds. The Morgan fingerprint density at radius 3 is 2.12 bits per heavy atom. The van der Waals surface area contributed by atoms with Crippen molar-refractivity contribution in [2.45, 2.75) is 22.3 Å². The summed E-state index contributed by atoms with van der Waals surface area (Å²) in [5.41, 5.74) is 2.04. The molecule has 204 valence electrons. The van der Waals surface area contributed by atoms with Crippen LogP contribution in [0.3, 0.4) is 0 Å². The van der Waals surface area contributed by atoms with Crippen LogP contribution in [0, 0.1) is 0 Å². The van der Waals surface area contributed by atoms with Crippen molar-refractivity contribution in [3.8, 4) is 0 Å². The Kier molecular flexibility index (Phi) is 10.1. The van der Waals surface area contributed by atoms with Crippen molar-refractivity contribution in [3.63, 3.8) is 0 Å². The van der Waals surface area contributed by atoms with Crippen molar-refractivity contribution >= 4 is 64.2 Å². The third kappa shape index (κ3) is 7.79. The Hall–Kier alpha value is -3.98. The molecule has 0 aliphatic carbocycles. The molecular formula is C30H25Cl2N3O4S. The van der Waals surface area contributed by atoms with Crippen molar-refractivity contribution in [1.82, 2.24) is 5.32 Å². The summed E-state index contributed by atoms with van der Waals surface area (Å²) in [4.78, 5) is 39.9. The number of para-hydroxylation sites is 1. The lowest BCUT2D eigenvalue weighted by Crippen LogP contribution is -2.45. The molecule has 1 atom stereocenters. The van der Waals surface area contributed by atoms with Gasteiger partial charge in [0.2, 0.25) is 0 Å². The molecule has 0 spiro atoms. The molecule has 4 aromatic carbocycles. The van der Waals surface area contributed by atoms with E-state index in [4.69, 9.17) is 27.9 Å². The lowest BCUT2D eigenvalue weighted by atomic mass is 10.1. The third-order valence-corrected chi connectivity index (χ3v) is 7.45. The molecule has 3 N–H and O–H groups in total. The average Bonchev–Trinajstić information content (AvgIpc) is 2.95. The highest BCUT2D eigenvalue weighted by Gasteiger charge is 2.23. The average molecular weight is 595 g/mol. The summed E-state index contributed by atoms with van der Waals surface area (Å²) in [6, 6.07) is 27.4. The molecule has 0 aliphatic heterocycles. The second-order valence-corrected chi connectivity index (χ2v) is 10.5. The van der Waals surface area contributed by atoms with Gasteiger partial charge in [-0.15, -0.1) is 0 Å². The summed E-state index contributed by atoms with van der Waals surface area (Å²) in [5, 5.41) is 8.78. The van der Waals surface area contributed by atoms with Crippen LogP contribution in [0.15, 0.2) is 107 Å². The van der Waals surface area contributed by atoms with E-state index in [1.165, 1.54) is 18.9 Å². The number of rotatable bonds is 9. The normalized spacial score (nSPS) is 11.3. The topological polar surface area (TPSA) is 96.5 Å². The fraction of sp³-hybridized carbons (Fsp3) is 0.100. The molecule has 40 heavy (non-hydrogen) atoms. The molecule has 0 fully saturated rings. The molecule has 4 rings (SSSR count). The van der Waals surface area contributed by atoms with Crippen LogP contribution < -0.4 is 16.0 Å². The Morgan fingerprint density at radius 2 is 1.45 bits per heavy atom. The van der Waals surface area contributed by atoms with Crippen molar-refractivity contribution in [3.05, 3.63) is 118 Å². The Balaban J connectivity index is 1.40. The van der Waals surface area contributed by atoms with Crippen LogP contribution in [-0.2, 0) is 16.0 Å². The molecule has 0 bridgehead atoms. The highest BCUT2D eigenvalue weighted by atomic mass is 35.5. The maximum absolute atomic E-state index is 12.9. The molecule has 0 saturated heterocycles. The van der Waals surface area contributed by atoms with E-state index in [0.29, 0.717) is 11.4 Å². The number of carbonyl (C=O) groups is 3. The van der Waals surface area contributed by atoms with E-state index in [1.807, 2.05) is 48.5 Å². The van der Waals surface area contributed by atoms with Crippen LogP contribution in [0.4, 0.5) is 16.2 Å². The van der Waals surface area contributed by atoms with Gasteiger partial charge in [-0.25, -0.2) is 9.59 Å². The smallest absolute Gasteiger partial charge is 0.328 e. The second kappa shape index (κ2) is 13.9. The summed E-state index contributed by atoms with van der Waals surface area (Å²) in [7, 11) is 1.26. The van der Waals surface area contributed by atoms with Gasteiger partial charge in [-0.1, -0.05) is 83.5 Å². The molecule has 10 heteroatoms. The van der Waals surface area contributed by atoms with E-state index in [-0.39, 0.29) is 22.0 Å². The van der Waals surface area contributed by atoms with Gasteiger partial charge in [0, 0.05) is 21.9 Å². The number of carbonyl (C=O) groups excluding carboxylic acids is 3. The number of amides is 3. The highest BCUT2D eigenvalue weighted by molar-refractivity contribution is 7.99. The van der Waals surface area contributed by atoms with Gasteiger partial charge in [-0.05, 0) is 54.1 Å². The van der Waals surface area contributed by atoms with Crippen molar-refractivity contribution < 1.29 is 19.1 Å². The van der Waals surface area contributed by atoms with Crippen LogP contribution in [0.5, 0.6) is 0 Å². The fourth-order valence-electron chi connectivity index (χ4n) is 3.79. The molecule has 0 saturated carbocycles. The summed E-state index contributed by atoms with van der Waals surface area (Å²) in [5.74, 6) is -1.03. The maximum Gasteiger partial charge on any atom is 0.328 e. The van der Waals surface area contributed by atoms with Crippen LogP contribution in [-0.4, -0.2) is 31.1 Å². The van der Waals surface area contributed by atoms with E-state index < -0.39 is 23.9 Å². The van der Waals surface area contributed by atoms with Crippen molar-refractivity contribution in [2.75, 3.05) is 17.7 Å². The van der Waals surface area contributed by atoms with Gasteiger partial charge < -0.3 is 20.7 Å². The molecule has 0 aromatic heterocycles. The van der Waals surface area contributed by atoms with Crippen LogP contribution in [0.1, 0.15) is 15.9 Å². The predicted molar refractivity (Wildman–Crippen MR) is 160 cm³/mol. The number of esters is 1. The number of anilines is 2. The number of benzene rings is 4. The lowest BCUT2D eigenvalue weighted by molar-refractivity contribution is -0.142. The van der Waals surface area contributed by atoms with Crippen molar-refractivity contribution in [2.24, 2.45) is 0 Å². The molecule has 0 radical (unpaired) electrons. The Labute approximate surface area is 246 Å². The van der Waals surface area contributed by atoms with Gasteiger partial charge in [0.15, 0.2) is 0 Å². The number of hydrogen-bond acceptors (Lipinski definition) is 5. The number of methoxy groups -OCH3 is 1. The number of halogens is 2. The molecular weight excluding hydrogens is 569 g/mol. The zero-order valence-corrected chi connectivity index (χ0v) is 23.6. The SMILES string of the molecule is COC(=O)[C@H](Cc1ccc(NC(=O)c2c(Cl)cccc2Cl)cc1)NC(=O)Nc1ccccc1Sc1ccccc1. The van der Waals surface area contributed by atoms with Gasteiger partial charge >= 0.3 is 12.0 Å². The first-order valence-corrected chi connectivity index (χ1v) is 13.7. The summed E-state index contributed by atoms with van der Waals surface area (Å²) in [6.45, 7) is 0. The first-order valence-electron chi connectivity index (χ1n) is 12.2. The summed E-state index contributed by atoms with van der Waals surface area (Å²) >= 11 is 13.8. The molecule has 0 heterocycles. The van der Waals surface area contributed by atoms with Gasteiger partial charge in [0.05, 0.1) is 28.4 Å². The van der Waals surface area contributed by atoms with E-state index >= 15 is 0 Å². The van der Waals surface area contributed by atoms with Crippen molar-refractivity contribution in [1.29, 1.82) is 0 Å². The Morgan fingerprint density at radius 1 is 0.800 bits per heavy atom. The fourth-order valence-corrected chi connectivity index (χ4v) is 5.29. The Bertz CT molecular complexity index is 1480. The second-order valence-electron chi connectivity index (χ2n) is 8.54. The minimum Gasteiger partial charge on any atom is -0.467 e. The van der Waals surface area contributed by atoms with Gasteiger partial charge in [-0.2, -0.15) is 0 Å². The largest absolute Gasteiger partial charge is 0.467 e. The zero-order chi connectivity index (χ0) is 28.5. The number of hydrogen-bond donors (Lipinski definition) is 3. The number of urea groups is 1. The van der Waals surface area contributed by atoms with Crippen LogP contribution in [0.2, 0.25) is 10.0 Å². The molecule has 0 unspecified atom stereocenters.